The molecule has 0 saturated heterocycles. The Balaban J connectivity index is 2.75. The Morgan fingerprint density at radius 3 is 2.00 bits per heavy atom. The molecule has 0 spiro atoms. The lowest BCUT2D eigenvalue weighted by Gasteiger charge is -2.04. The third-order valence-electron chi connectivity index (χ3n) is 1.88. The Labute approximate surface area is 86.8 Å². The maximum Gasteiger partial charge on any atom is 0.170 e. The molecule has 1 aromatic heterocycles. The number of rotatable bonds is 1. The molecular formula is C10H4F4S. The number of benzene rings is 1. The molecule has 0 aliphatic rings. The van der Waals surface area contributed by atoms with Crippen molar-refractivity contribution >= 4 is 11.3 Å². The highest BCUT2D eigenvalue weighted by molar-refractivity contribution is 7.13. The lowest BCUT2D eigenvalue weighted by Crippen LogP contribution is -1.97. The largest absolute Gasteiger partial charge is 0.204 e. The number of thiophene rings is 1. The third-order valence-corrected chi connectivity index (χ3v) is 2.77. The molecule has 0 N–H and O–H groups in total. The van der Waals surface area contributed by atoms with Crippen molar-refractivity contribution < 1.29 is 17.6 Å². The zero-order valence-corrected chi connectivity index (χ0v) is 8.05. The third kappa shape index (κ3) is 1.63. The summed E-state index contributed by atoms with van der Waals surface area (Å²) in [5.74, 6) is -5.51. The van der Waals surface area contributed by atoms with Crippen molar-refractivity contribution in [1.29, 1.82) is 0 Å². The van der Waals surface area contributed by atoms with Crippen LogP contribution in [0.15, 0.2) is 23.6 Å². The molecule has 0 unspecified atom stereocenters. The predicted octanol–water partition coefficient (Wildman–Crippen LogP) is 3.97. The standard InChI is InChI=1S/C10H4F4S/c11-5-4-6(12)10(14)8(9(5)13)7-2-1-3-15-7/h1-4H. The van der Waals surface area contributed by atoms with E-state index in [1.807, 2.05) is 0 Å². The second kappa shape index (κ2) is 3.66. The van der Waals surface area contributed by atoms with Gasteiger partial charge in [-0.1, -0.05) is 6.07 Å². The highest BCUT2D eigenvalue weighted by Crippen LogP contribution is 2.32. The Kier molecular flexibility index (Phi) is 2.48. The van der Waals surface area contributed by atoms with Crippen LogP contribution in [0, 0.1) is 23.3 Å². The summed E-state index contributed by atoms with van der Waals surface area (Å²) in [6.45, 7) is 0. The first-order chi connectivity index (χ1) is 7.11. The van der Waals surface area contributed by atoms with Gasteiger partial charge in [0.05, 0.1) is 5.56 Å². The van der Waals surface area contributed by atoms with Crippen molar-refractivity contribution in [2.75, 3.05) is 0 Å². The van der Waals surface area contributed by atoms with E-state index in [1.165, 1.54) is 6.07 Å². The van der Waals surface area contributed by atoms with Crippen LogP contribution in [0.4, 0.5) is 17.6 Å². The maximum absolute atomic E-state index is 13.2. The van der Waals surface area contributed by atoms with E-state index in [4.69, 9.17) is 0 Å². The van der Waals surface area contributed by atoms with Gasteiger partial charge in [0.2, 0.25) is 0 Å². The van der Waals surface area contributed by atoms with Crippen molar-refractivity contribution in [3.05, 3.63) is 46.8 Å². The van der Waals surface area contributed by atoms with Crippen molar-refractivity contribution in [3.63, 3.8) is 0 Å². The summed E-state index contributed by atoms with van der Waals surface area (Å²) in [6, 6.07) is 3.13. The van der Waals surface area contributed by atoms with Crippen LogP contribution in [0.1, 0.15) is 0 Å². The molecule has 15 heavy (non-hydrogen) atoms. The van der Waals surface area contributed by atoms with Crippen LogP contribution >= 0.6 is 11.3 Å². The van der Waals surface area contributed by atoms with Crippen LogP contribution in [0.2, 0.25) is 0 Å². The van der Waals surface area contributed by atoms with Crippen LogP contribution in [0.3, 0.4) is 0 Å². The van der Waals surface area contributed by atoms with E-state index in [0.717, 1.165) is 11.3 Å². The molecule has 0 aliphatic carbocycles. The van der Waals surface area contributed by atoms with Gasteiger partial charge in [-0.3, -0.25) is 0 Å². The van der Waals surface area contributed by atoms with E-state index in [1.54, 1.807) is 11.4 Å². The molecule has 78 valence electrons. The predicted molar refractivity (Wildman–Crippen MR) is 49.6 cm³/mol. The van der Waals surface area contributed by atoms with E-state index >= 15 is 0 Å². The first kappa shape index (κ1) is 10.2. The quantitative estimate of drug-likeness (QED) is 0.515. The lowest BCUT2D eigenvalue weighted by atomic mass is 10.1. The molecule has 0 nitrogen and oxygen atoms in total. The molecule has 1 aromatic carbocycles. The fraction of sp³-hybridized carbons (Fsp3) is 0. The SMILES string of the molecule is Fc1cc(F)c(F)c(-c2cccs2)c1F. The summed E-state index contributed by atoms with van der Waals surface area (Å²) in [5.41, 5.74) is -0.650. The second-order valence-electron chi connectivity index (χ2n) is 2.82. The van der Waals surface area contributed by atoms with Crippen molar-refractivity contribution in [2.24, 2.45) is 0 Å². The van der Waals surface area contributed by atoms with Crippen LogP contribution in [-0.4, -0.2) is 0 Å². The minimum atomic E-state index is -1.39. The average molecular weight is 232 g/mol. The molecule has 0 amide bonds. The molecule has 0 atom stereocenters. The van der Waals surface area contributed by atoms with Gasteiger partial charge in [0, 0.05) is 10.9 Å². The first-order valence-electron chi connectivity index (χ1n) is 3.98. The maximum atomic E-state index is 13.2. The lowest BCUT2D eigenvalue weighted by molar-refractivity contribution is 0.458. The zero-order chi connectivity index (χ0) is 11.0. The van der Waals surface area contributed by atoms with Gasteiger partial charge in [-0.05, 0) is 11.4 Å². The summed E-state index contributed by atoms with van der Waals surface area (Å²) < 4.78 is 52.1. The Bertz CT molecular complexity index is 464. The van der Waals surface area contributed by atoms with Crippen LogP contribution in [0.5, 0.6) is 0 Å². The van der Waals surface area contributed by atoms with Gasteiger partial charge < -0.3 is 0 Å². The Morgan fingerprint density at radius 2 is 1.53 bits per heavy atom. The van der Waals surface area contributed by atoms with Crippen LogP contribution < -0.4 is 0 Å². The highest BCUT2D eigenvalue weighted by Gasteiger charge is 2.20. The Morgan fingerprint density at radius 1 is 0.933 bits per heavy atom. The zero-order valence-electron chi connectivity index (χ0n) is 7.23. The topological polar surface area (TPSA) is 0 Å². The first-order valence-corrected chi connectivity index (χ1v) is 4.86. The number of hydrogen-bond acceptors (Lipinski definition) is 1. The fourth-order valence-corrected chi connectivity index (χ4v) is 1.97. The number of hydrogen-bond donors (Lipinski definition) is 0. The van der Waals surface area contributed by atoms with Gasteiger partial charge in [0.15, 0.2) is 23.3 Å². The van der Waals surface area contributed by atoms with Crippen LogP contribution in [0.25, 0.3) is 10.4 Å². The van der Waals surface area contributed by atoms with E-state index in [2.05, 4.69) is 0 Å². The molecular weight excluding hydrogens is 228 g/mol. The smallest absolute Gasteiger partial charge is 0.170 e. The van der Waals surface area contributed by atoms with Crippen molar-refractivity contribution in [2.45, 2.75) is 0 Å². The summed E-state index contributed by atoms with van der Waals surface area (Å²) in [7, 11) is 0. The van der Waals surface area contributed by atoms with E-state index in [-0.39, 0.29) is 10.9 Å². The normalized spacial score (nSPS) is 10.7. The molecule has 2 aromatic rings. The van der Waals surface area contributed by atoms with Gasteiger partial charge in [0.25, 0.3) is 0 Å². The molecule has 0 radical (unpaired) electrons. The molecule has 0 aliphatic heterocycles. The van der Waals surface area contributed by atoms with Gasteiger partial charge >= 0.3 is 0 Å². The fourth-order valence-electron chi connectivity index (χ4n) is 1.21. The van der Waals surface area contributed by atoms with E-state index in [9.17, 15) is 17.6 Å². The summed E-state index contributed by atoms with van der Waals surface area (Å²) in [4.78, 5) is 0.156. The molecule has 0 bridgehead atoms. The summed E-state index contributed by atoms with van der Waals surface area (Å²) >= 11 is 1.01. The molecule has 0 saturated carbocycles. The second-order valence-corrected chi connectivity index (χ2v) is 3.77. The van der Waals surface area contributed by atoms with Gasteiger partial charge in [-0.2, -0.15) is 0 Å². The van der Waals surface area contributed by atoms with E-state index in [0.29, 0.717) is 0 Å². The van der Waals surface area contributed by atoms with Crippen LogP contribution in [-0.2, 0) is 0 Å². The van der Waals surface area contributed by atoms with Gasteiger partial charge in [-0.15, -0.1) is 11.3 Å². The molecule has 0 fully saturated rings. The Hall–Kier alpha value is -1.36. The molecule has 1 heterocycles. The average Bonchev–Trinajstić information content (AvgIpc) is 2.69. The van der Waals surface area contributed by atoms with Crippen molar-refractivity contribution in [1.82, 2.24) is 0 Å². The summed E-state index contributed by atoms with van der Waals surface area (Å²) in [5, 5.41) is 1.57. The minimum absolute atomic E-state index is 0.156. The molecule has 5 heteroatoms. The van der Waals surface area contributed by atoms with Gasteiger partial charge in [0.1, 0.15) is 0 Å². The van der Waals surface area contributed by atoms with Gasteiger partial charge in [-0.25, -0.2) is 17.6 Å². The van der Waals surface area contributed by atoms with Crippen molar-refractivity contribution in [3.8, 4) is 10.4 Å². The highest BCUT2D eigenvalue weighted by atomic mass is 32.1. The van der Waals surface area contributed by atoms with E-state index < -0.39 is 28.8 Å². The monoisotopic (exact) mass is 232 g/mol. The molecule has 2 rings (SSSR count). The number of halogens is 4. The minimum Gasteiger partial charge on any atom is -0.204 e. The summed E-state index contributed by atoms with van der Waals surface area (Å²) in [6.07, 6.45) is 0.